The molecule has 7 nitrogen and oxygen atoms in total. The Hall–Kier alpha value is -1.68. The first-order valence-corrected chi connectivity index (χ1v) is 12.8. The number of thioether (sulfide) groups is 1. The Labute approximate surface area is 194 Å². The number of rotatable bonds is 7. The second-order valence-corrected chi connectivity index (χ2v) is 10.2. The fourth-order valence-corrected chi connectivity index (χ4v) is 5.87. The number of halogens is 1. The van der Waals surface area contributed by atoms with E-state index in [1.54, 1.807) is 0 Å². The number of ether oxygens (including phenoxy) is 1. The van der Waals surface area contributed by atoms with Crippen molar-refractivity contribution in [2.45, 2.75) is 56.7 Å². The summed E-state index contributed by atoms with van der Waals surface area (Å²) in [5.74, 6) is 0.188. The maximum Gasteiger partial charge on any atom is 0.276 e. The lowest BCUT2D eigenvalue weighted by Gasteiger charge is -2.15. The highest BCUT2D eigenvalue weighted by Gasteiger charge is 2.28. The van der Waals surface area contributed by atoms with Gasteiger partial charge in [0.1, 0.15) is 5.00 Å². The molecule has 0 spiro atoms. The van der Waals surface area contributed by atoms with Crippen molar-refractivity contribution in [1.82, 2.24) is 15.3 Å². The van der Waals surface area contributed by atoms with Crippen molar-refractivity contribution in [2.24, 2.45) is 0 Å². The van der Waals surface area contributed by atoms with Crippen LogP contribution < -0.4 is 10.6 Å². The highest BCUT2D eigenvalue weighted by atomic mass is 35.5. The molecule has 166 valence electrons. The maximum atomic E-state index is 13.1. The van der Waals surface area contributed by atoms with Gasteiger partial charge in [0, 0.05) is 18.0 Å². The summed E-state index contributed by atoms with van der Waals surface area (Å²) in [4.78, 5) is 35.7. The number of carbonyl (C=O) groups excluding carboxylic acids is 2. The van der Waals surface area contributed by atoms with Crippen molar-refractivity contribution >= 4 is 51.5 Å². The number of carbonyl (C=O) groups is 2. The van der Waals surface area contributed by atoms with Gasteiger partial charge in [0.05, 0.1) is 22.9 Å². The lowest BCUT2D eigenvalue weighted by molar-refractivity contribution is 0.0858. The van der Waals surface area contributed by atoms with Crippen LogP contribution in [0.3, 0.4) is 0 Å². The highest BCUT2D eigenvalue weighted by molar-refractivity contribution is 7.99. The smallest absolute Gasteiger partial charge is 0.276 e. The van der Waals surface area contributed by atoms with Crippen LogP contribution in [0.25, 0.3) is 0 Å². The zero-order chi connectivity index (χ0) is 21.8. The summed E-state index contributed by atoms with van der Waals surface area (Å²) in [6, 6.07) is 0. The molecule has 2 aromatic rings. The molecule has 1 fully saturated rings. The van der Waals surface area contributed by atoms with Gasteiger partial charge in [-0.2, -0.15) is 0 Å². The summed E-state index contributed by atoms with van der Waals surface area (Å²) in [6.07, 6.45) is 7.38. The van der Waals surface area contributed by atoms with Crippen LogP contribution in [0.1, 0.15) is 63.9 Å². The van der Waals surface area contributed by atoms with Crippen LogP contribution in [0.4, 0.5) is 5.00 Å². The lowest BCUT2D eigenvalue weighted by atomic mass is 9.95. The average Bonchev–Trinajstić information content (AvgIpc) is 3.41. The molecule has 2 N–H and O–H groups in total. The van der Waals surface area contributed by atoms with E-state index in [2.05, 4.69) is 20.6 Å². The summed E-state index contributed by atoms with van der Waals surface area (Å²) in [6.45, 7) is 3.21. The van der Waals surface area contributed by atoms with Crippen molar-refractivity contribution in [2.75, 3.05) is 24.2 Å². The molecule has 4 rings (SSSR count). The van der Waals surface area contributed by atoms with Gasteiger partial charge in [-0.05, 0) is 49.8 Å². The molecule has 1 unspecified atom stereocenters. The first kappa shape index (κ1) is 22.5. The van der Waals surface area contributed by atoms with Crippen molar-refractivity contribution in [3.63, 3.8) is 0 Å². The van der Waals surface area contributed by atoms with E-state index in [1.807, 2.05) is 6.92 Å². The Bertz CT molecular complexity index is 976. The molecule has 0 bridgehead atoms. The number of amides is 2. The van der Waals surface area contributed by atoms with Gasteiger partial charge in [-0.1, -0.05) is 30.3 Å². The molecule has 2 amide bonds. The zero-order valence-electron chi connectivity index (χ0n) is 17.3. The molecular weight excluding hydrogens is 456 g/mol. The van der Waals surface area contributed by atoms with Crippen LogP contribution in [-0.2, 0) is 17.6 Å². The first-order chi connectivity index (χ1) is 15.1. The summed E-state index contributed by atoms with van der Waals surface area (Å²) in [7, 11) is 0. The average molecular weight is 481 g/mol. The van der Waals surface area contributed by atoms with Crippen molar-refractivity contribution in [1.29, 1.82) is 0 Å². The van der Waals surface area contributed by atoms with Crippen molar-refractivity contribution in [3.8, 4) is 0 Å². The van der Waals surface area contributed by atoms with Crippen LogP contribution in [0.15, 0.2) is 11.4 Å². The summed E-state index contributed by atoms with van der Waals surface area (Å²) >= 11 is 9.11. The number of nitrogens with one attached hydrogen (secondary N) is 2. The second kappa shape index (κ2) is 10.3. The van der Waals surface area contributed by atoms with E-state index in [1.165, 1.54) is 34.2 Å². The topological polar surface area (TPSA) is 93.2 Å². The molecule has 1 aliphatic carbocycles. The molecule has 2 aliphatic rings. The Morgan fingerprint density at radius 1 is 1.29 bits per heavy atom. The number of anilines is 1. The van der Waals surface area contributed by atoms with Crippen LogP contribution in [0, 0.1) is 0 Å². The van der Waals surface area contributed by atoms with Crippen LogP contribution in [0.2, 0.25) is 5.02 Å². The number of aromatic nitrogens is 2. The Morgan fingerprint density at radius 2 is 2.13 bits per heavy atom. The fraction of sp³-hybridized carbons (Fsp3) is 0.524. The predicted molar refractivity (Wildman–Crippen MR) is 124 cm³/mol. The van der Waals surface area contributed by atoms with E-state index < -0.39 is 5.91 Å². The van der Waals surface area contributed by atoms with E-state index >= 15 is 0 Å². The molecule has 1 aliphatic heterocycles. The van der Waals surface area contributed by atoms with Gasteiger partial charge in [-0.25, -0.2) is 9.97 Å². The number of hydrogen-bond donors (Lipinski definition) is 2. The number of thiophene rings is 1. The number of aryl methyl sites for hydroxylation is 1. The minimum atomic E-state index is -0.433. The number of nitrogens with zero attached hydrogens (tertiary/aromatic N) is 2. The number of fused-ring (bicyclic) bond motifs is 1. The Balaban J connectivity index is 1.57. The highest BCUT2D eigenvalue weighted by Crippen LogP contribution is 2.38. The molecule has 0 aromatic carbocycles. The van der Waals surface area contributed by atoms with Crippen LogP contribution in [-0.4, -0.2) is 46.8 Å². The van der Waals surface area contributed by atoms with Crippen LogP contribution >= 0.6 is 34.7 Å². The van der Waals surface area contributed by atoms with E-state index in [9.17, 15) is 9.59 Å². The third-order valence-corrected chi connectivity index (χ3v) is 7.58. The van der Waals surface area contributed by atoms with Crippen molar-refractivity contribution in [3.05, 3.63) is 32.9 Å². The molecule has 2 aromatic heterocycles. The molecule has 0 saturated carbocycles. The van der Waals surface area contributed by atoms with E-state index in [-0.39, 0.29) is 22.7 Å². The molecule has 31 heavy (non-hydrogen) atoms. The monoisotopic (exact) mass is 480 g/mol. The quantitative estimate of drug-likeness (QED) is 0.452. The van der Waals surface area contributed by atoms with Gasteiger partial charge in [0.15, 0.2) is 10.9 Å². The minimum absolute atomic E-state index is 0.0609. The third kappa shape index (κ3) is 5.22. The van der Waals surface area contributed by atoms with E-state index in [0.717, 1.165) is 56.4 Å². The summed E-state index contributed by atoms with van der Waals surface area (Å²) in [5, 5.41) is 7.15. The van der Waals surface area contributed by atoms with Gasteiger partial charge >= 0.3 is 0 Å². The normalized spacial score (nSPS) is 17.9. The van der Waals surface area contributed by atoms with Crippen molar-refractivity contribution < 1.29 is 14.3 Å². The molecule has 3 heterocycles. The maximum absolute atomic E-state index is 13.1. The molecular formula is C21H25ClN4O3S2. The zero-order valence-corrected chi connectivity index (χ0v) is 19.7. The van der Waals surface area contributed by atoms with Gasteiger partial charge in [-0.15, -0.1) is 11.3 Å². The molecule has 10 heteroatoms. The first-order valence-electron chi connectivity index (χ1n) is 10.6. The third-order valence-electron chi connectivity index (χ3n) is 5.35. The van der Waals surface area contributed by atoms with Gasteiger partial charge in [0.25, 0.3) is 11.8 Å². The summed E-state index contributed by atoms with van der Waals surface area (Å²) in [5.41, 5.74) is 1.73. The minimum Gasteiger partial charge on any atom is -0.376 e. The second-order valence-electron chi connectivity index (χ2n) is 7.50. The van der Waals surface area contributed by atoms with Gasteiger partial charge < -0.3 is 15.4 Å². The van der Waals surface area contributed by atoms with Gasteiger partial charge in [-0.3, -0.25) is 9.59 Å². The largest absolute Gasteiger partial charge is 0.376 e. The number of hydrogen-bond acceptors (Lipinski definition) is 7. The SMILES string of the molecule is CCSc1ncc(Cl)c(C(=O)Nc2sc3c(c2C(=O)NCC2CCCO2)CCCC3)n1. The Morgan fingerprint density at radius 3 is 2.90 bits per heavy atom. The van der Waals surface area contributed by atoms with E-state index in [0.29, 0.717) is 22.3 Å². The molecule has 1 saturated heterocycles. The Kier molecular flexibility index (Phi) is 7.47. The van der Waals surface area contributed by atoms with Crippen LogP contribution in [0.5, 0.6) is 0 Å². The standard InChI is InChI=1S/C21H25ClN4O3S2/c1-2-30-21-24-11-14(22)17(25-21)19(28)26-20-16(13-7-3-4-8-15(13)31-20)18(27)23-10-12-6-5-9-29-12/h11-12H,2-10H2,1H3,(H,23,27)(H,26,28). The van der Waals surface area contributed by atoms with Gasteiger partial charge in [0.2, 0.25) is 0 Å². The fourth-order valence-electron chi connectivity index (χ4n) is 3.87. The van der Waals surface area contributed by atoms with E-state index in [4.69, 9.17) is 16.3 Å². The molecule has 0 radical (unpaired) electrons. The summed E-state index contributed by atoms with van der Waals surface area (Å²) < 4.78 is 5.62. The lowest BCUT2D eigenvalue weighted by Crippen LogP contribution is -2.32. The molecule has 1 atom stereocenters. The predicted octanol–water partition coefficient (Wildman–Crippen LogP) is 4.34.